The molecule has 0 unspecified atom stereocenters. The van der Waals surface area contributed by atoms with Gasteiger partial charge in [0.1, 0.15) is 11.3 Å². The molecule has 2 heterocycles. The fraction of sp³-hybridized carbons (Fsp3) is 0.400. The van der Waals surface area contributed by atoms with Crippen molar-refractivity contribution in [3.8, 4) is 5.75 Å². The molecule has 0 aliphatic carbocycles. The Morgan fingerprint density at radius 3 is 2.48 bits per heavy atom. The Bertz CT molecular complexity index is 882. The summed E-state index contributed by atoms with van der Waals surface area (Å²) in [5, 5.41) is 0.511. The summed E-state index contributed by atoms with van der Waals surface area (Å²) >= 11 is 0. The van der Waals surface area contributed by atoms with Gasteiger partial charge in [0.05, 0.1) is 7.11 Å². The number of sulfonamides is 1. The molecule has 3 rings (SSSR count). The van der Waals surface area contributed by atoms with Gasteiger partial charge in [0, 0.05) is 31.6 Å². The molecule has 1 aromatic heterocycles. The van der Waals surface area contributed by atoms with E-state index in [-0.39, 0.29) is 4.90 Å². The summed E-state index contributed by atoms with van der Waals surface area (Å²) in [5.74, 6) is 0.564. The van der Waals surface area contributed by atoms with Crippen molar-refractivity contribution in [2.75, 3.05) is 40.3 Å². The standard InChI is InChI=1S/C15H18N2O5S/c1-16-5-7-17(8-6-16)23(19,20)14-10-11-9-12(21-2)3-4-13(11)22-15(14)18/h3-4,9-10H,5-8H2,1-2H3. The van der Waals surface area contributed by atoms with Crippen molar-refractivity contribution in [2.24, 2.45) is 0 Å². The van der Waals surface area contributed by atoms with E-state index in [0.717, 1.165) is 0 Å². The van der Waals surface area contributed by atoms with Crippen LogP contribution in [-0.4, -0.2) is 58.0 Å². The molecule has 0 saturated carbocycles. The average Bonchev–Trinajstić information content (AvgIpc) is 2.54. The van der Waals surface area contributed by atoms with Gasteiger partial charge in [0.25, 0.3) is 0 Å². The normalized spacial score (nSPS) is 17.5. The highest BCUT2D eigenvalue weighted by molar-refractivity contribution is 7.89. The number of hydrogen-bond donors (Lipinski definition) is 0. The Morgan fingerprint density at radius 2 is 1.83 bits per heavy atom. The zero-order valence-corrected chi connectivity index (χ0v) is 13.8. The van der Waals surface area contributed by atoms with Crippen molar-refractivity contribution in [3.63, 3.8) is 0 Å². The summed E-state index contributed by atoms with van der Waals surface area (Å²) in [5.41, 5.74) is -0.519. The van der Waals surface area contributed by atoms with Crippen molar-refractivity contribution in [3.05, 3.63) is 34.7 Å². The molecule has 8 heteroatoms. The maximum atomic E-state index is 12.7. The zero-order valence-electron chi connectivity index (χ0n) is 13.0. The third kappa shape index (κ3) is 2.97. The predicted octanol–water partition coefficient (Wildman–Crippen LogP) is 0.738. The molecule has 0 amide bonds. The fourth-order valence-electron chi connectivity index (χ4n) is 2.56. The van der Waals surface area contributed by atoms with E-state index in [1.807, 2.05) is 11.9 Å². The first-order valence-electron chi connectivity index (χ1n) is 7.22. The molecule has 2 aromatic rings. The Balaban J connectivity index is 2.07. The number of hydrogen-bond acceptors (Lipinski definition) is 6. The molecule has 124 valence electrons. The lowest BCUT2D eigenvalue weighted by molar-refractivity contribution is 0.222. The maximum absolute atomic E-state index is 12.7. The minimum absolute atomic E-state index is 0.327. The van der Waals surface area contributed by atoms with Crippen molar-refractivity contribution >= 4 is 21.0 Å². The molecule has 0 radical (unpaired) electrons. The van der Waals surface area contributed by atoms with Gasteiger partial charge in [-0.25, -0.2) is 13.2 Å². The Hall–Kier alpha value is -1.90. The zero-order chi connectivity index (χ0) is 16.6. The molecule has 0 N–H and O–H groups in total. The van der Waals surface area contributed by atoms with Gasteiger partial charge in [-0.2, -0.15) is 4.31 Å². The largest absolute Gasteiger partial charge is 0.497 e. The first-order chi connectivity index (χ1) is 10.9. The minimum atomic E-state index is -3.87. The quantitative estimate of drug-likeness (QED) is 0.768. The second-order valence-corrected chi connectivity index (χ2v) is 7.42. The lowest BCUT2D eigenvalue weighted by Crippen LogP contribution is -2.47. The first kappa shape index (κ1) is 16.0. The van der Waals surface area contributed by atoms with Crippen molar-refractivity contribution in [2.45, 2.75) is 4.90 Å². The molecule has 1 aliphatic rings. The van der Waals surface area contributed by atoms with Crippen LogP contribution in [0.15, 0.2) is 38.4 Å². The molecule has 0 atom stereocenters. The van der Waals surface area contributed by atoms with Gasteiger partial charge in [0.2, 0.25) is 10.0 Å². The third-order valence-electron chi connectivity index (χ3n) is 3.99. The van der Waals surface area contributed by atoms with E-state index in [2.05, 4.69) is 0 Å². The molecule has 23 heavy (non-hydrogen) atoms. The molecule has 1 saturated heterocycles. The Labute approximate surface area is 134 Å². The number of methoxy groups -OCH3 is 1. The van der Waals surface area contributed by atoms with Crippen molar-refractivity contribution in [1.29, 1.82) is 0 Å². The van der Waals surface area contributed by atoms with Crippen LogP contribution in [0.5, 0.6) is 5.75 Å². The van der Waals surface area contributed by atoms with E-state index in [4.69, 9.17) is 9.15 Å². The highest BCUT2D eigenvalue weighted by atomic mass is 32.2. The van der Waals surface area contributed by atoms with Crippen LogP contribution in [0, 0.1) is 0 Å². The summed E-state index contributed by atoms with van der Waals surface area (Å²) in [6, 6.07) is 6.24. The molecule has 1 aliphatic heterocycles. The molecular weight excluding hydrogens is 320 g/mol. The van der Waals surface area contributed by atoms with Gasteiger partial charge in [-0.3, -0.25) is 0 Å². The third-order valence-corrected chi connectivity index (χ3v) is 5.87. The summed E-state index contributed by atoms with van der Waals surface area (Å²) in [7, 11) is -0.420. The van der Waals surface area contributed by atoms with Crippen LogP contribution in [0.3, 0.4) is 0 Å². The lowest BCUT2D eigenvalue weighted by atomic mass is 10.2. The molecule has 0 spiro atoms. The van der Waals surface area contributed by atoms with E-state index < -0.39 is 15.6 Å². The van der Waals surface area contributed by atoms with Crippen LogP contribution in [0.4, 0.5) is 0 Å². The molecule has 1 aromatic carbocycles. The van der Waals surface area contributed by atoms with Gasteiger partial charge >= 0.3 is 5.63 Å². The van der Waals surface area contributed by atoms with E-state index in [9.17, 15) is 13.2 Å². The Morgan fingerprint density at radius 1 is 1.13 bits per heavy atom. The number of fused-ring (bicyclic) bond motifs is 1. The SMILES string of the molecule is COc1ccc2oc(=O)c(S(=O)(=O)N3CCN(C)CC3)cc2c1. The molecule has 1 fully saturated rings. The summed E-state index contributed by atoms with van der Waals surface area (Å²) < 4.78 is 37.1. The average molecular weight is 338 g/mol. The van der Waals surface area contributed by atoms with Crippen molar-refractivity contribution < 1.29 is 17.6 Å². The molecule has 0 bridgehead atoms. The second-order valence-electron chi connectivity index (χ2n) is 5.51. The van der Waals surface area contributed by atoms with Gasteiger partial charge in [0.15, 0.2) is 4.90 Å². The first-order valence-corrected chi connectivity index (χ1v) is 8.66. The highest BCUT2D eigenvalue weighted by Crippen LogP contribution is 2.23. The van der Waals surface area contributed by atoms with Gasteiger partial charge in [-0.15, -0.1) is 0 Å². The summed E-state index contributed by atoms with van der Waals surface area (Å²) in [4.78, 5) is 13.8. The van der Waals surface area contributed by atoms with E-state index >= 15 is 0 Å². The van der Waals surface area contributed by atoms with Crippen LogP contribution in [0.1, 0.15) is 0 Å². The number of piperazine rings is 1. The van der Waals surface area contributed by atoms with Crippen LogP contribution in [0.25, 0.3) is 11.0 Å². The van der Waals surface area contributed by atoms with Crippen LogP contribution in [0.2, 0.25) is 0 Å². The second kappa shape index (κ2) is 5.95. The Kier molecular flexibility index (Phi) is 4.13. The van der Waals surface area contributed by atoms with E-state index in [1.54, 1.807) is 18.2 Å². The van der Waals surface area contributed by atoms with Crippen LogP contribution < -0.4 is 10.4 Å². The molecular formula is C15H18N2O5S. The number of nitrogens with zero attached hydrogens (tertiary/aromatic N) is 2. The highest BCUT2D eigenvalue weighted by Gasteiger charge is 2.30. The van der Waals surface area contributed by atoms with Crippen LogP contribution >= 0.6 is 0 Å². The number of rotatable bonds is 3. The van der Waals surface area contributed by atoms with E-state index in [1.165, 1.54) is 17.5 Å². The number of likely N-dealkylation sites (N-methyl/N-ethyl adjacent to an activating group) is 1. The predicted molar refractivity (Wildman–Crippen MR) is 85.3 cm³/mol. The van der Waals surface area contributed by atoms with Gasteiger partial charge < -0.3 is 14.1 Å². The van der Waals surface area contributed by atoms with Crippen LogP contribution in [-0.2, 0) is 10.0 Å². The summed E-state index contributed by atoms with van der Waals surface area (Å²) in [6.45, 7) is 1.97. The lowest BCUT2D eigenvalue weighted by Gasteiger charge is -2.31. The van der Waals surface area contributed by atoms with Gasteiger partial charge in [-0.05, 0) is 31.3 Å². The van der Waals surface area contributed by atoms with Gasteiger partial charge in [-0.1, -0.05) is 0 Å². The number of ether oxygens (including phenoxy) is 1. The van der Waals surface area contributed by atoms with E-state index in [0.29, 0.717) is 42.9 Å². The number of benzene rings is 1. The summed E-state index contributed by atoms with van der Waals surface area (Å²) in [6.07, 6.45) is 0. The smallest absolute Gasteiger partial charge is 0.356 e. The maximum Gasteiger partial charge on any atom is 0.356 e. The monoisotopic (exact) mass is 338 g/mol. The van der Waals surface area contributed by atoms with Crippen molar-refractivity contribution in [1.82, 2.24) is 9.21 Å². The fourth-order valence-corrected chi connectivity index (χ4v) is 4.01. The topological polar surface area (TPSA) is 80.1 Å². The minimum Gasteiger partial charge on any atom is -0.497 e. The molecule has 7 nitrogen and oxygen atoms in total.